The van der Waals surface area contributed by atoms with Gasteiger partial charge in [-0.25, -0.2) is 4.98 Å². The maximum atomic E-state index is 12.5. The van der Waals surface area contributed by atoms with Crippen molar-refractivity contribution in [3.05, 3.63) is 58.1 Å². The SMILES string of the molecule is O=C(Nc1cc(-c2nc3ccc(Cl)cc3[nH]2)[nH]n1)c1ccc(OCCO)c(Cl)c1. The largest absolute Gasteiger partial charge is 0.490 e. The molecule has 2 heterocycles. The fourth-order valence-electron chi connectivity index (χ4n) is 2.72. The van der Waals surface area contributed by atoms with Crippen LogP contribution in [0.2, 0.25) is 10.0 Å². The maximum Gasteiger partial charge on any atom is 0.256 e. The zero-order valence-corrected chi connectivity index (χ0v) is 16.4. The Bertz CT molecular complexity index is 1190. The van der Waals surface area contributed by atoms with Crippen LogP contribution in [0.25, 0.3) is 22.6 Å². The number of carbonyl (C=O) groups excluding carboxylic acids is 1. The topological polar surface area (TPSA) is 116 Å². The van der Waals surface area contributed by atoms with Crippen LogP contribution in [0, 0.1) is 0 Å². The number of aromatic amines is 2. The number of halogens is 2. The molecule has 0 bridgehead atoms. The summed E-state index contributed by atoms with van der Waals surface area (Å²) in [4.78, 5) is 20.1. The van der Waals surface area contributed by atoms with Gasteiger partial charge >= 0.3 is 0 Å². The Kier molecular flexibility index (Phi) is 5.39. The Morgan fingerprint density at radius 3 is 2.83 bits per heavy atom. The quantitative estimate of drug-likeness (QED) is 0.369. The highest BCUT2D eigenvalue weighted by molar-refractivity contribution is 6.32. The van der Waals surface area contributed by atoms with E-state index in [4.69, 9.17) is 33.0 Å². The number of fused-ring (bicyclic) bond motifs is 1. The highest BCUT2D eigenvalue weighted by Crippen LogP contribution is 2.26. The van der Waals surface area contributed by atoms with E-state index in [9.17, 15) is 4.79 Å². The van der Waals surface area contributed by atoms with Gasteiger partial charge in [-0.05, 0) is 36.4 Å². The number of hydrogen-bond acceptors (Lipinski definition) is 5. The fraction of sp³-hybridized carbons (Fsp3) is 0.105. The first kappa shape index (κ1) is 19.3. The van der Waals surface area contributed by atoms with Crippen LogP contribution in [-0.2, 0) is 0 Å². The van der Waals surface area contributed by atoms with Crippen LogP contribution < -0.4 is 10.1 Å². The molecule has 0 unspecified atom stereocenters. The van der Waals surface area contributed by atoms with E-state index in [1.54, 1.807) is 30.3 Å². The van der Waals surface area contributed by atoms with Crippen molar-refractivity contribution in [3.63, 3.8) is 0 Å². The van der Waals surface area contributed by atoms with Crippen LogP contribution in [0.3, 0.4) is 0 Å². The van der Waals surface area contributed by atoms with Gasteiger partial charge in [0.15, 0.2) is 11.6 Å². The van der Waals surface area contributed by atoms with E-state index in [2.05, 4.69) is 25.5 Å². The number of carbonyl (C=O) groups is 1. The summed E-state index contributed by atoms with van der Waals surface area (Å²) < 4.78 is 5.27. The summed E-state index contributed by atoms with van der Waals surface area (Å²) in [5.41, 5.74) is 2.52. The molecular formula is C19H15Cl2N5O3. The standard InChI is InChI=1S/C19H15Cl2N5O3/c20-11-2-3-13-14(8-11)23-18(22-13)15-9-17(26-25-15)24-19(28)10-1-4-16(12(21)7-10)29-6-5-27/h1-4,7-9,27H,5-6H2,(H,22,23)(H2,24,25,26,28). The molecule has 0 aliphatic heterocycles. The lowest BCUT2D eigenvalue weighted by Crippen LogP contribution is -2.12. The predicted molar refractivity (Wildman–Crippen MR) is 111 cm³/mol. The van der Waals surface area contributed by atoms with E-state index in [0.29, 0.717) is 33.7 Å². The molecule has 4 aromatic rings. The maximum absolute atomic E-state index is 12.5. The van der Waals surface area contributed by atoms with Gasteiger partial charge in [-0.3, -0.25) is 9.89 Å². The molecule has 2 aromatic carbocycles. The second-order valence-electron chi connectivity index (χ2n) is 6.09. The van der Waals surface area contributed by atoms with Crippen LogP contribution in [-0.4, -0.2) is 44.4 Å². The van der Waals surface area contributed by atoms with Crippen molar-refractivity contribution in [1.29, 1.82) is 0 Å². The molecule has 0 fully saturated rings. The van der Waals surface area contributed by atoms with Crippen LogP contribution in [0.4, 0.5) is 5.82 Å². The number of anilines is 1. The number of hydrogen-bond donors (Lipinski definition) is 4. The van der Waals surface area contributed by atoms with Gasteiger partial charge in [0.1, 0.15) is 18.1 Å². The molecule has 4 N–H and O–H groups in total. The first-order valence-electron chi connectivity index (χ1n) is 8.59. The molecule has 2 aromatic heterocycles. The third-order valence-corrected chi connectivity index (χ3v) is 4.59. The number of nitrogens with one attached hydrogen (secondary N) is 3. The number of H-pyrrole nitrogens is 2. The molecule has 4 rings (SSSR count). The number of aliphatic hydroxyl groups is 1. The van der Waals surface area contributed by atoms with Gasteiger partial charge in [0.05, 0.1) is 22.7 Å². The fourth-order valence-corrected chi connectivity index (χ4v) is 3.13. The van der Waals surface area contributed by atoms with Crippen molar-refractivity contribution in [2.24, 2.45) is 0 Å². The second kappa shape index (κ2) is 8.12. The van der Waals surface area contributed by atoms with Gasteiger partial charge in [0, 0.05) is 16.7 Å². The second-order valence-corrected chi connectivity index (χ2v) is 6.93. The summed E-state index contributed by atoms with van der Waals surface area (Å²) >= 11 is 12.1. The Morgan fingerprint density at radius 2 is 2.03 bits per heavy atom. The number of aliphatic hydroxyl groups excluding tert-OH is 1. The van der Waals surface area contributed by atoms with Gasteiger partial charge in [-0.2, -0.15) is 5.10 Å². The minimum absolute atomic E-state index is 0.120. The van der Waals surface area contributed by atoms with Crippen molar-refractivity contribution in [1.82, 2.24) is 20.2 Å². The van der Waals surface area contributed by atoms with Crippen LogP contribution in [0.5, 0.6) is 5.75 Å². The number of ether oxygens (including phenoxy) is 1. The van der Waals surface area contributed by atoms with E-state index in [0.717, 1.165) is 11.0 Å². The molecule has 0 radical (unpaired) electrons. The van der Waals surface area contributed by atoms with Gasteiger partial charge < -0.3 is 20.1 Å². The minimum atomic E-state index is -0.380. The molecule has 0 saturated carbocycles. The molecule has 0 saturated heterocycles. The van der Waals surface area contributed by atoms with Crippen molar-refractivity contribution in [3.8, 4) is 17.3 Å². The molecule has 10 heteroatoms. The average molecular weight is 432 g/mol. The summed E-state index contributed by atoms with van der Waals surface area (Å²) in [6.07, 6.45) is 0. The summed E-state index contributed by atoms with van der Waals surface area (Å²) in [6, 6.07) is 11.7. The summed E-state index contributed by atoms with van der Waals surface area (Å²) in [6.45, 7) is -0.00632. The number of benzene rings is 2. The molecule has 0 atom stereocenters. The van der Waals surface area contributed by atoms with E-state index in [-0.39, 0.29) is 24.1 Å². The van der Waals surface area contributed by atoms with Gasteiger partial charge in [-0.15, -0.1) is 0 Å². The molecular weight excluding hydrogens is 417 g/mol. The number of rotatable bonds is 6. The smallest absolute Gasteiger partial charge is 0.256 e. The molecule has 1 amide bonds. The number of imidazole rings is 1. The van der Waals surface area contributed by atoms with Crippen LogP contribution in [0.1, 0.15) is 10.4 Å². The molecule has 148 valence electrons. The van der Waals surface area contributed by atoms with E-state index in [1.165, 1.54) is 6.07 Å². The van der Waals surface area contributed by atoms with Crippen molar-refractivity contribution in [2.45, 2.75) is 0 Å². The van der Waals surface area contributed by atoms with Crippen molar-refractivity contribution >= 4 is 46.0 Å². The third-order valence-electron chi connectivity index (χ3n) is 4.06. The lowest BCUT2D eigenvalue weighted by atomic mass is 10.2. The summed E-state index contributed by atoms with van der Waals surface area (Å²) in [7, 11) is 0. The predicted octanol–water partition coefficient (Wildman–Crippen LogP) is 3.88. The van der Waals surface area contributed by atoms with Gasteiger partial charge in [-0.1, -0.05) is 23.2 Å². The van der Waals surface area contributed by atoms with Crippen molar-refractivity contribution in [2.75, 3.05) is 18.5 Å². The van der Waals surface area contributed by atoms with E-state index < -0.39 is 0 Å². The zero-order valence-electron chi connectivity index (χ0n) is 14.9. The monoisotopic (exact) mass is 431 g/mol. The van der Waals surface area contributed by atoms with E-state index >= 15 is 0 Å². The molecule has 0 aliphatic rings. The first-order chi connectivity index (χ1) is 14.0. The Hall–Kier alpha value is -3.07. The Labute approximate surface area is 174 Å². The average Bonchev–Trinajstić information content (AvgIpc) is 3.33. The van der Waals surface area contributed by atoms with Crippen LogP contribution in [0.15, 0.2) is 42.5 Å². The molecule has 0 spiro atoms. The Balaban J connectivity index is 1.49. The Morgan fingerprint density at radius 1 is 1.17 bits per heavy atom. The number of nitrogens with zero attached hydrogens (tertiary/aromatic N) is 2. The highest BCUT2D eigenvalue weighted by atomic mass is 35.5. The normalized spacial score (nSPS) is 11.0. The minimum Gasteiger partial charge on any atom is -0.490 e. The summed E-state index contributed by atoms with van der Waals surface area (Å²) in [5, 5.41) is 19.3. The lowest BCUT2D eigenvalue weighted by Gasteiger charge is -2.08. The molecule has 8 nitrogen and oxygen atoms in total. The van der Waals surface area contributed by atoms with Crippen molar-refractivity contribution < 1.29 is 14.6 Å². The zero-order chi connectivity index (χ0) is 20.4. The first-order valence-corrected chi connectivity index (χ1v) is 9.34. The number of amides is 1. The lowest BCUT2D eigenvalue weighted by molar-refractivity contribution is 0.102. The third kappa shape index (κ3) is 4.19. The van der Waals surface area contributed by atoms with Gasteiger partial charge in [0.2, 0.25) is 0 Å². The number of aromatic nitrogens is 4. The highest BCUT2D eigenvalue weighted by Gasteiger charge is 2.13. The van der Waals surface area contributed by atoms with Gasteiger partial charge in [0.25, 0.3) is 5.91 Å². The van der Waals surface area contributed by atoms with E-state index in [1.807, 2.05) is 6.07 Å². The molecule has 0 aliphatic carbocycles. The molecule has 29 heavy (non-hydrogen) atoms. The van der Waals surface area contributed by atoms with Crippen LogP contribution >= 0.6 is 23.2 Å². The summed E-state index contributed by atoms with van der Waals surface area (Å²) in [5.74, 6) is 0.920.